The number of esters is 1. The molecule has 0 aromatic rings. The number of rotatable bonds is 6. The lowest BCUT2D eigenvalue weighted by molar-refractivity contribution is -0.137. The van der Waals surface area contributed by atoms with Crippen molar-refractivity contribution in [2.45, 2.75) is 34.6 Å². The van der Waals surface area contributed by atoms with Crippen molar-refractivity contribution in [2.75, 3.05) is 6.61 Å². The van der Waals surface area contributed by atoms with Gasteiger partial charge in [0.2, 0.25) is 5.91 Å². The number of allylic oxidation sites excluding steroid dienone is 3. The summed E-state index contributed by atoms with van der Waals surface area (Å²) >= 11 is 0. The van der Waals surface area contributed by atoms with Crippen LogP contribution in [0.1, 0.15) is 34.6 Å². The predicted molar refractivity (Wildman–Crippen MR) is 71.7 cm³/mol. The fourth-order valence-corrected chi connectivity index (χ4v) is 1.55. The van der Waals surface area contributed by atoms with Crippen LogP contribution in [-0.2, 0) is 14.3 Å². The molecule has 0 aliphatic carbocycles. The summed E-state index contributed by atoms with van der Waals surface area (Å²) in [6.07, 6.45) is 5.35. The van der Waals surface area contributed by atoms with E-state index >= 15 is 0 Å². The first-order valence-electron chi connectivity index (χ1n) is 6.21. The summed E-state index contributed by atoms with van der Waals surface area (Å²) in [4.78, 5) is 22.6. The van der Waals surface area contributed by atoms with Gasteiger partial charge in [-0.1, -0.05) is 26.0 Å². The van der Waals surface area contributed by atoms with Crippen LogP contribution in [-0.4, -0.2) is 18.5 Å². The molecule has 1 N–H and O–H groups in total. The number of carbonyl (C=O) groups is 2. The first-order valence-corrected chi connectivity index (χ1v) is 6.21. The summed E-state index contributed by atoms with van der Waals surface area (Å²) in [6, 6.07) is 0. The number of amides is 1. The minimum Gasteiger partial charge on any atom is -0.463 e. The quantitative estimate of drug-likeness (QED) is 0.449. The predicted octanol–water partition coefficient (Wildman–Crippen LogP) is 2.42. The van der Waals surface area contributed by atoms with Crippen LogP contribution in [0.15, 0.2) is 23.9 Å². The van der Waals surface area contributed by atoms with Gasteiger partial charge in [0.15, 0.2) is 0 Å². The second-order valence-corrected chi connectivity index (χ2v) is 4.21. The van der Waals surface area contributed by atoms with Crippen molar-refractivity contribution in [1.82, 2.24) is 5.32 Å². The van der Waals surface area contributed by atoms with Crippen LogP contribution in [0.3, 0.4) is 0 Å². The Bertz CT molecular complexity index is 345. The second kappa shape index (κ2) is 8.50. The number of ether oxygens (including phenoxy) is 1. The van der Waals surface area contributed by atoms with Crippen LogP contribution < -0.4 is 5.32 Å². The highest BCUT2D eigenvalue weighted by molar-refractivity contribution is 5.84. The molecule has 0 rings (SSSR count). The zero-order valence-electron chi connectivity index (χ0n) is 11.8. The highest BCUT2D eigenvalue weighted by Gasteiger charge is 2.17. The van der Waals surface area contributed by atoms with E-state index in [9.17, 15) is 9.59 Å². The first kappa shape index (κ1) is 16.4. The van der Waals surface area contributed by atoms with Crippen molar-refractivity contribution in [3.8, 4) is 0 Å². The van der Waals surface area contributed by atoms with E-state index in [1.165, 1.54) is 13.0 Å². The average Bonchev–Trinajstić information content (AvgIpc) is 2.27. The highest BCUT2D eigenvalue weighted by atomic mass is 16.5. The third kappa shape index (κ3) is 6.23. The van der Waals surface area contributed by atoms with Gasteiger partial charge in [0.1, 0.15) is 0 Å². The normalized spacial score (nSPS) is 15.3. The van der Waals surface area contributed by atoms with Gasteiger partial charge in [0, 0.05) is 24.6 Å². The molecule has 2 unspecified atom stereocenters. The first-order chi connectivity index (χ1) is 8.42. The number of hydrogen-bond donors (Lipinski definition) is 1. The molecule has 2 atom stereocenters. The van der Waals surface area contributed by atoms with E-state index in [1.807, 2.05) is 32.9 Å². The molecule has 0 spiro atoms. The minimum atomic E-state index is -0.430. The van der Waals surface area contributed by atoms with Gasteiger partial charge in [-0.2, -0.15) is 0 Å². The Balaban J connectivity index is 4.97. The second-order valence-electron chi connectivity index (χ2n) is 4.21. The maximum Gasteiger partial charge on any atom is 0.332 e. The maximum atomic E-state index is 11.5. The van der Waals surface area contributed by atoms with E-state index in [1.54, 1.807) is 6.92 Å². The molecular weight excluding hydrogens is 230 g/mol. The lowest BCUT2D eigenvalue weighted by Crippen LogP contribution is -2.27. The van der Waals surface area contributed by atoms with E-state index in [0.717, 1.165) is 0 Å². The highest BCUT2D eigenvalue weighted by Crippen LogP contribution is 2.19. The van der Waals surface area contributed by atoms with Crippen molar-refractivity contribution in [2.24, 2.45) is 11.8 Å². The fourth-order valence-electron chi connectivity index (χ4n) is 1.55. The lowest BCUT2D eigenvalue weighted by atomic mass is 9.92. The molecule has 102 valence electrons. The molecule has 0 aliphatic heterocycles. The summed E-state index contributed by atoms with van der Waals surface area (Å²) in [6.45, 7) is 9.43. The van der Waals surface area contributed by atoms with Crippen LogP contribution in [0.4, 0.5) is 0 Å². The van der Waals surface area contributed by atoms with Gasteiger partial charge in [-0.15, -0.1) is 0 Å². The molecule has 1 amide bonds. The minimum absolute atomic E-state index is 0.0366. The van der Waals surface area contributed by atoms with Gasteiger partial charge in [0.05, 0.1) is 6.61 Å². The molecule has 0 heterocycles. The summed E-state index contributed by atoms with van der Waals surface area (Å²) in [5.74, 6) is -0.358. The Morgan fingerprint density at radius 1 is 1.33 bits per heavy atom. The van der Waals surface area contributed by atoms with E-state index in [4.69, 9.17) is 4.74 Å². The number of nitrogens with one attached hydrogen (secondary N) is 1. The van der Waals surface area contributed by atoms with Gasteiger partial charge < -0.3 is 10.1 Å². The number of hydrogen-bond acceptors (Lipinski definition) is 3. The number of carbonyl (C=O) groups excluding carboxylic acids is 2. The van der Waals surface area contributed by atoms with Crippen LogP contribution in [0.25, 0.3) is 0 Å². The molecule has 0 aromatic carbocycles. The molecule has 0 saturated heterocycles. The van der Waals surface area contributed by atoms with Crippen molar-refractivity contribution < 1.29 is 14.3 Å². The maximum absolute atomic E-state index is 11.5. The topological polar surface area (TPSA) is 55.4 Å². The SMILES string of the molecule is C/C=C/C(C)C(C)/C(=C/C(=O)OCC)NC(C)=O. The van der Waals surface area contributed by atoms with Gasteiger partial charge in [-0.25, -0.2) is 4.79 Å². The van der Waals surface area contributed by atoms with E-state index in [0.29, 0.717) is 12.3 Å². The zero-order valence-corrected chi connectivity index (χ0v) is 11.8. The van der Waals surface area contributed by atoms with Crippen LogP contribution in [0, 0.1) is 11.8 Å². The van der Waals surface area contributed by atoms with Crippen molar-refractivity contribution in [3.05, 3.63) is 23.9 Å². The molecule has 0 saturated carbocycles. The molecule has 0 bridgehead atoms. The van der Waals surface area contributed by atoms with Crippen molar-refractivity contribution in [1.29, 1.82) is 0 Å². The molecule has 4 nitrogen and oxygen atoms in total. The molecule has 18 heavy (non-hydrogen) atoms. The summed E-state index contributed by atoms with van der Waals surface area (Å²) in [5, 5.41) is 2.70. The van der Waals surface area contributed by atoms with Gasteiger partial charge in [-0.05, 0) is 19.8 Å². The fraction of sp³-hybridized carbons (Fsp3) is 0.571. The smallest absolute Gasteiger partial charge is 0.332 e. The molecule has 4 heteroatoms. The third-order valence-electron chi connectivity index (χ3n) is 2.66. The van der Waals surface area contributed by atoms with Gasteiger partial charge in [-0.3, -0.25) is 4.79 Å². The Hall–Kier alpha value is -1.58. The van der Waals surface area contributed by atoms with Crippen molar-refractivity contribution >= 4 is 11.9 Å². The van der Waals surface area contributed by atoms with E-state index < -0.39 is 5.97 Å². The largest absolute Gasteiger partial charge is 0.463 e. The Labute approximate surface area is 109 Å². The van der Waals surface area contributed by atoms with Crippen molar-refractivity contribution in [3.63, 3.8) is 0 Å². The molecule has 0 radical (unpaired) electrons. The molecular formula is C14H23NO3. The van der Waals surface area contributed by atoms with Gasteiger partial charge >= 0.3 is 5.97 Å². The van der Waals surface area contributed by atoms with E-state index in [2.05, 4.69) is 5.32 Å². The molecule has 0 aliphatic rings. The summed E-state index contributed by atoms with van der Waals surface area (Å²) in [5.41, 5.74) is 0.589. The van der Waals surface area contributed by atoms with Crippen LogP contribution in [0.2, 0.25) is 0 Å². The third-order valence-corrected chi connectivity index (χ3v) is 2.66. The van der Waals surface area contributed by atoms with E-state index in [-0.39, 0.29) is 17.7 Å². The van der Waals surface area contributed by atoms with Gasteiger partial charge in [0.25, 0.3) is 0 Å². The summed E-state index contributed by atoms with van der Waals surface area (Å²) in [7, 11) is 0. The standard InChI is InChI=1S/C14H23NO3/c1-6-8-10(3)11(4)13(15-12(5)16)9-14(17)18-7-2/h6,8-11H,7H2,1-5H3,(H,15,16)/b8-6+,13-9-. The Morgan fingerprint density at radius 3 is 2.39 bits per heavy atom. The molecule has 0 aromatic heterocycles. The average molecular weight is 253 g/mol. The monoisotopic (exact) mass is 253 g/mol. The van der Waals surface area contributed by atoms with Crippen LogP contribution >= 0.6 is 0 Å². The zero-order chi connectivity index (χ0) is 14.1. The van der Waals surface area contributed by atoms with Crippen LogP contribution in [0.5, 0.6) is 0 Å². The summed E-state index contributed by atoms with van der Waals surface area (Å²) < 4.78 is 4.86. The lowest BCUT2D eigenvalue weighted by Gasteiger charge is -2.20. The Morgan fingerprint density at radius 2 is 1.94 bits per heavy atom. The molecule has 0 fully saturated rings. The Kier molecular flexibility index (Phi) is 7.76.